The van der Waals surface area contributed by atoms with E-state index in [0.717, 1.165) is 30.4 Å². The Morgan fingerprint density at radius 2 is 1.79 bits per heavy atom. The van der Waals surface area contributed by atoms with E-state index >= 15 is 0 Å². The van der Waals surface area contributed by atoms with Crippen LogP contribution in [0.3, 0.4) is 0 Å². The predicted molar refractivity (Wildman–Crippen MR) is 115 cm³/mol. The van der Waals surface area contributed by atoms with E-state index in [9.17, 15) is 4.79 Å². The molecule has 1 saturated heterocycles. The smallest absolute Gasteiger partial charge is 0.319 e. The molecule has 2 aromatic carbocycles. The number of hydrogen-bond donors (Lipinski definition) is 2. The number of carbonyl (C=O) groups excluding carboxylic acids is 1. The quantitative estimate of drug-likeness (QED) is 0.711. The van der Waals surface area contributed by atoms with Crippen molar-refractivity contribution in [3.05, 3.63) is 53.6 Å². The molecule has 150 valence electrons. The number of urea groups is 1. The van der Waals surface area contributed by atoms with Crippen LogP contribution in [0.2, 0.25) is 0 Å². The van der Waals surface area contributed by atoms with Crippen molar-refractivity contribution in [1.29, 1.82) is 0 Å². The van der Waals surface area contributed by atoms with Crippen LogP contribution >= 0.6 is 0 Å². The van der Waals surface area contributed by atoms with Gasteiger partial charge in [0.1, 0.15) is 12.4 Å². The molecule has 3 rings (SSSR count). The first-order chi connectivity index (χ1) is 13.5. The van der Waals surface area contributed by atoms with Gasteiger partial charge in [0.25, 0.3) is 0 Å². The molecule has 5 nitrogen and oxygen atoms in total. The number of ether oxygens (including phenoxy) is 1. The molecular formula is C23H31N3O2. The average Bonchev–Trinajstić information content (AvgIpc) is 2.69. The van der Waals surface area contributed by atoms with E-state index in [4.69, 9.17) is 4.74 Å². The van der Waals surface area contributed by atoms with Crippen molar-refractivity contribution in [2.24, 2.45) is 5.92 Å². The molecule has 1 fully saturated rings. The molecule has 0 radical (unpaired) electrons. The third-order valence-electron chi connectivity index (χ3n) is 5.41. The summed E-state index contributed by atoms with van der Waals surface area (Å²) in [5.74, 6) is 1.65. The van der Waals surface area contributed by atoms with Gasteiger partial charge in [-0.25, -0.2) is 4.79 Å². The Hall–Kier alpha value is -2.69. The van der Waals surface area contributed by atoms with Gasteiger partial charge < -0.3 is 20.3 Å². The van der Waals surface area contributed by atoms with Crippen LogP contribution < -0.4 is 20.3 Å². The van der Waals surface area contributed by atoms with E-state index in [-0.39, 0.29) is 6.03 Å². The summed E-state index contributed by atoms with van der Waals surface area (Å²) in [6.45, 7) is 9.54. The highest BCUT2D eigenvalue weighted by atomic mass is 16.5. The van der Waals surface area contributed by atoms with Crippen LogP contribution in [0.25, 0.3) is 0 Å². The highest BCUT2D eigenvalue weighted by molar-refractivity contribution is 5.89. The van der Waals surface area contributed by atoms with Crippen molar-refractivity contribution in [2.45, 2.75) is 33.6 Å². The maximum absolute atomic E-state index is 12.1. The lowest BCUT2D eigenvalue weighted by atomic mass is 9.99. The number of anilines is 2. The van der Waals surface area contributed by atoms with Gasteiger partial charge in [-0.1, -0.05) is 13.0 Å². The summed E-state index contributed by atoms with van der Waals surface area (Å²) in [6, 6.07) is 13.9. The summed E-state index contributed by atoms with van der Waals surface area (Å²) in [5, 5.41) is 5.70. The third kappa shape index (κ3) is 5.65. The van der Waals surface area contributed by atoms with Crippen LogP contribution in [-0.2, 0) is 0 Å². The van der Waals surface area contributed by atoms with Crippen molar-refractivity contribution in [1.82, 2.24) is 5.32 Å². The minimum atomic E-state index is -0.219. The second-order valence-electron chi connectivity index (χ2n) is 7.69. The number of aryl methyl sites for hydroxylation is 2. The average molecular weight is 382 g/mol. The molecule has 1 heterocycles. The Morgan fingerprint density at radius 3 is 2.46 bits per heavy atom. The maximum Gasteiger partial charge on any atom is 0.319 e. The molecule has 0 bridgehead atoms. The van der Waals surface area contributed by atoms with Crippen LogP contribution in [0.5, 0.6) is 5.75 Å². The summed E-state index contributed by atoms with van der Waals surface area (Å²) in [7, 11) is 0. The number of amides is 2. The molecule has 2 aromatic rings. The lowest BCUT2D eigenvalue weighted by molar-refractivity contribution is 0.247. The van der Waals surface area contributed by atoms with Gasteiger partial charge >= 0.3 is 6.03 Å². The number of hydrogen-bond acceptors (Lipinski definition) is 3. The van der Waals surface area contributed by atoms with Gasteiger partial charge in [-0.15, -0.1) is 0 Å². The second-order valence-corrected chi connectivity index (χ2v) is 7.69. The first kappa shape index (κ1) is 20.1. The largest absolute Gasteiger partial charge is 0.492 e. The lowest BCUT2D eigenvalue weighted by Crippen LogP contribution is -2.33. The highest BCUT2D eigenvalue weighted by Gasteiger charge is 2.15. The molecule has 0 aliphatic carbocycles. The Labute approximate surface area is 168 Å². The normalized spacial score (nSPS) is 14.6. The zero-order chi connectivity index (χ0) is 19.9. The summed E-state index contributed by atoms with van der Waals surface area (Å²) in [6.07, 6.45) is 2.49. The van der Waals surface area contributed by atoms with E-state index in [1.165, 1.54) is 29.7 Å². The van der Waals surface area contributed by atoms with Crippen LogP contribution in [0.1, 0.15) is 30.9 Å². The van der Waals surface area contributed by atoms with Crippen molar-refractivity contribution < 1.29 is 9.53 Å². The van der Waals surface area contributed by atoms with Gasteiger partial charge in [-0.05, 0) is 80.1 Å². The molecule has 1 aliphatic heterocycles. The fraction of sp³-hybridized carbons (Fsp3) is 0.435. The van der Waals surface area contributed by atoms with E-state index in [2.05, 4.69) is 48.4 Å². The molecule has 28 heavy (non-hydrogen) atoms. The SMILES string of the molecule is Cc1ccc(OCCNC(=O)Nc2ccc(N3CCC(C)CC3)cc2)cc1C. The van der Waals surface area contributed by atoms with Crippen molar-refractivity contribution in [3.8, 4) is 5.75 Å². The first-order valence-corrected chi connectivity index (χ1v) is 10.1. The summed E-state index contributed by atoms with van der Waals surface area (Å²) < 4.78 is 5.68. The van der Waals surface area contributed by atoms with E-state index in [1.807, 2.05) is 30.3 Å². The standard InChI is InChI=1S/C23H31N3O2/c1-17-10-13-26(14-11-17)21-7-5-20(6-8-21)25-23(27)24-12-15-28-22-9-4-18(2)19(3)16-22/h4-9,16-17H,10-15H2,1-3H3,(H2,24,25,27). The summed E-state index contributed by atoms with van der Waals surface area (Å²) >= 11 is 0. The van der Waals surface area contributed by atoms with Crippen LogP contribution in [0.4, 0.5) is 16.2 Å². The van der Waals surface area contributed by atoms with Gasteiger partial charge in [0.05, 0.1) is 6.54 Å². The van der Waals surface area contributed by atoms with Crippen LogP contribution in [0.15, 0.2) is 42.5 Å². The van der Waals surface area contributed by atoms with Crippen LogP contribution in [0, 0.1) is 19.8 Å². The van der Waals surface area contributed by atoms with E-state index < -0.39 is 0 Å². The summed E-state index contributed by atoms with van der Waals surface area (Å²) in [5.41, 5.74) is 4.46. The topological polar surface area (TPSA) is 53.6 Å². The molecule has 0 saturated carbocycles. The number of carbonyl (C=O) groups is 1. The van der Waals surface area contributed by atoms with E-state index in [0.29, 0.717) is 13.2 Å². The molecular weight excluding hydrogens is 350 g/mol. The molecule has 0 unspecified atom stereocenters. The predicted octanol–water partition coefficient (Wildman–Crippen LogP) is 4.74. The van der Waals surface area contributed by atoms with Gasteiger partial charge in [-0.2, -0.15) is 0 Å². The number of benzene rings is 2. The minimum Gasteiger partial charge on any atom is -0.492 e. The molecule has 2 N–H and O–H groups in total. The monoisotopic (exact) mass is 381 g/mol. The fourth-order valence-corrected chi connectivity index (χ4v) is 3.33. The first-order valence-electron chi connectivity index (χ1n) is 10.1. The third-order valence-corrected chi connectivity index (χ3v) is 5.41. The molecule has 5 heteroatoms. The van der Waals surface area contributed by atoms with Gasteiger partial charge in [0.2, 0.25) is 0 Å². The number of rotatable bonds is 6. The summed E-state index contributed by atoms with van der Waals surface area (Å²) in [4.78, 5) is 14.5. The number of nitrogens with zero attached hydrogens (tertiary/aromatic N) is 1. The molecule has 0 atom stereocenters. The fourth-order valence-electron chi connectivity index (χ4n) is 3.33. The molecule has 1 aliphatic rings. The van der Waals surface area contributed by atoms with Gasteiger partial charge in [-0.3, -0.25) is 0 Å². The van der Waals surface area contributed by atoms with Gasteiger partial charge in [0.15, 0.2) is 0 Å². The highest BCUT2D eigenvalue weighted by Crippen LogP contribution is 2.24. The van der Waals surface area contributed by atoms with Crippen LogP contribution in [-0.4, -0.2) is 32.3 Å². The van der Waals surface area contributed by atoms with Crippen molar-refractivity contribution in [2.75, 3.05) is 36.5 Å². The lowest BCUT2D eigenvalue weighted by Gasteiger charge is -2.32. The molecule has 0 spiro atoms. The van der Waals surface area contributed by atoms with E-state index in [1.54, 1.807) is 0 Å². The van der Waals surface area contributed by atoms with Gasteiger partial charge in [0, 0.05) is 24.5 Å². The van der Waals surface area contributed by atoms with Crippen molar-refractivity contribution >= 4 is 17.4 Å². The molecule has 2 amide bonds. The zero-order valence-electron chi connectivity index (χ0n) is 17.1. The maximum atomic E-state index is 12.1. The van der Waals surface area contributed by atoms with Crippen molar-refractivity contribution in [3.63, 3.8) is 0 Å². The Morgan fingerprint density at radius 1 is 1.07 bits per heavy atom. The number of piperidine rings is 1. The second kappa shape index (κ2) is 9.49. The zero-order valence-corrected chi connectivity index (χ0v) is 17.1. The molecule has 0 aromatic heterocycles. The minimum absolute atomic E-state index is 0.219. The Bertz CT molecular complexity index is 781. The Balaban J connectivity index is 1.39. The number of nitrogens with one attached hydrogen (secondary N) is 2. The Kier molecular flexibility index (Phi) is 6.80.